The van der Waals surface area contributed by atoms with Crippen LogP contribution in [0.25, 0.3) is 0 Å². The van der Waals surface area contributed by atoms with Crippen molar-refractivity contribution in [2.75, 3.05) is 7.11 Å². The van der Waals surface area contributed by atoms with E-state index in [0.29, 0.717) is 0 Å². The number of hydrogen-bond donors (Lipinski definition) is 0. The summed E-state index contributed by atoms with van der Waals surface area (Å²) in [4.78, 5) is 0. The van der Waals surface area contributed by atoms with Crippen LogP contribution in [0.15, 0.2) is 24.5 Å². The molecule has 1 nitrogen and oxygen atoms in total. The molecule has 0 aliphatic rings. The Morgan fingerprint density at radius 3 is 2.43 bits per heavy atom. The molecule has 0 atom stereocenters. The zero-order chi connectivity index (χ0) is 5.54. The van der Waals surface area contributed by atoms with E-state index >= 15 is 0 Å². The van der Waals surface area contributed by atoms with Gasteiger partial charge in [0.25, 0.3) is 0 Å². The maximum Gasteiger partial charge on any atom is 0.0824 e. The molecule has 0 aromatic heterocycles. The zero-order valence-corrected chi connectivity index (χ0v) is 4.72. The van der Waals surface area contributed by atoms with Crippen molar-refractivity contribution >= 4 is 0 Å². The van der Waals surface area contributed by atoms with E-state index in [1.807, 2.05) is 25.2 Å². The maximum atomic E-state index is 4.61. The molecule has 0 unspecified atom stereocenters. The van der Waals surface area contributed by atoms with Gasteiger partial charge in [0.2, 0.25) is 0 Å². The predicted molar refractivity (Wildman–Crippen MR) is 31.0 cm³/mol. The third-order valence-electron chi connectivity index (χ3n) is 0.518. The lowest BCUT2D eigenvalue weighted by atomic mass is 10.5. The average molecular weight is 98.1 g/mol. The van der Waals surface area contributed by atoms with Gasteiger partial charge in [-0.05, 0) is 13.0 Å². The van der Waals surface area contributed by atoms with Crippen LogP contribution in [0.4, 0.5) is 0 Å². The molecular weight excluding hydrogens is 88.1 g/mol. The molecule has 1 heteroatoms. The van der Waals surface area contributed by atoms with E-state index in [-0.39, 0.29) is 0 Å². The summed E-state index contributed by atoms with van der Waals surface area (Å²) in [6.07, 6.45) is 7.30. The summed E-state index contributed by atoms with van der Waals surface area (Å²) in [5.74, 6) is 0. The fourth-order valence-electron chi connectivity index (χ4n) is 0.235. The van der Waals surface area contributed by atoms with E-state index in [2.05, 4.69) is 4.74 Å². The Hall–Kier alpha value is -0.720. The summed E-state index contributed by atoms with van der Waals surface area (Å²) >= 11 is 0. The standard InChI is InChI=1S/C6H10O/c1-3-4-5-6-7-2/h3-6H,1-2H3/b4-3?,6-5-. The van der Waals surface area contributed by atoms with Gasteiger partial charge in [0.15, 0.2) is 0 Å². The molecule has 0 rings (SSSR count). The first-order chi connectivity index (χ1) is 3.41. The van der Waals surface area contributed by atoms with Crippen LogP contribution in [0.3, 0.4) is 0 Å². The highest BCUT2D eigenvalue weighted by atomic mass is 16.5. The van der Waals surface area contributed by atoms with Gasteiger partial charge in [-0.3, -0.25) is 0 Å². The Balaban J connectivity index is 3.09. The molecule has 0 aliphatic carbocycles. The van der Waals surface area contributed by atoms with Crippen molar-refractivity contribution in [3.63, 3.8) is 0 Å². The highest BCUT2D eigenvalue weighted by Crippen LogP contribution is 1.74. The first-order valence-electron chi connectivity index (χ1n) is 2.22. The van der Waals surface area contributed by atoms with Gasteiger partial charge in [-0.15, -0.1) is 0 Å². The van der Waals surface area contributed by atoms with Crippen LogP contribution in [-0.4, -0.2) is 7.11 Å². The number of allylic oxidation sites excluding steroid dienone is 3. The molecular formula is C6H10O. The molecule has 0 aromatic rings. The fraction of sp³-hybridized carbons (Fsp3) is 0.333. The molecule has 40 valence electrons. The van der Waals surface area contributed by atoms with Crippen LogP contribution >= 0.6 is 0 Å². The minimum atomic E-state index is 1.62. The highest BCUT2D eigenvalue weighted by molar-refractivity contribution is 4.97. The summed E-state index contributed by atoms with van der Waals surface area (Å²) in [6, 6.07) is 0. The first-order valence-corrected chi connectivity index (χ1v) is 2.22. The minimum absolute atomic E-state index is 1.62. The van der Waals surface area contributed by atoms with E-state index in [1.54, 1.807) is 13.4 Å². The van der Waals surface area contributed by atoms with Crippen LogP contribution in [0.5, 0.6) is 0 Å². The summed E-state index contributed by atoms with van der Waals surface area (Å²) in [5, 5.41) is 0. The number of hydrogen-bond acceptors (Lipinski definition) is 1. The normalized spacial score (nSPS) is 11.1. The van der Waals surface area contributed by atoms with E-state index in [0.717, 1.165) is 0 Å². The van der Waals surface area contributed by atoms with Crippen molar-refractivity contribution in [1.82, 2.24) is 0 Å². The predicted octanol–water partition coefficient (Wildman–Crippen LogP) is 1.72. The summed E-state index contributed by atoms with van der Waals surface area (Å²) in [5.41, 5.74) is 0. The van der Waals surface area contributed by atoms with E-state index in [9.17, 15) is 0 Å². The molecule has 0 saturated carbocycles. The van der Waals surface area contributed by atoms with Gasteiger partial charge < -0.3 is 4.74 Å². The van der Waals surface area contributed by atoms with Crippen LogP contribution in [-0.2, 0) is 4.74 Å². The molecule has 7 heavy (non-hydrogen) atoms. The Kier molecular flexibility index (Phi) is 4.74. The van der Waals surface area contributed by atoms with Gasteiger partial charge in [-0.2, -0.15) is 0 Å². The lowest BCUT2D eigenvalue weighted by molar-refractivity contribution is 0.338. The van der Waals surface area contributed by atoms with Gasteiger partial charge in [0.1, 0.15) is 0 Å². The third-order valence-corrected chi connectivity index (χ3v) is 0.518. The lowest BCUT2D eigenvalue weighted by Gasteiger charge is -1.78. The van der Waals surface area contributed by atoms with Crippen LogP contribution in [0.2, 0.25) is 0 Å². The highest BCUT2D eigenvalue weighted by Gasteiger charge is 1.55. The second kappa shape index (κ2) is 5.28. The average Bonchev–Trinajstić information content (AvgIpc) is 1.69. The smallest absolute Gasteiger partial charge is 0.0824 e. The lowest BCUT2D eigenvalue weighted by Crippen LogP contribution is -1.59. The van der Waals surface area contributed by atoms with E-state index in [4.69, 9.17) is 0 Å². The van der Waals surface area contributed by atoms with Crippen molar-refractivity contribution in [1.29, 1.82) is 0 Å². The van der Waals surface area contributed by atoms with E-state index < -0.39 is 0 Å². The third kappa shape index (κ3) is 5.28. The molecule has 0 fully saturated rings. The van der Waals surface area contributed by atoms with Gasteiger partial charge in [-0.25, -0.2) is 0 Å². The molecule has 0 N–H and O–H groups in total. The SMILES string of the molecule is CC=C/C=C\OC. The van der Waals surface area contributed by atoms with Crippen molar-refractivity contribution in [3.8, 4) is 0 Å². The Bertz CT molecular complexity index is 72.2. The molecule has 0 heterocycles. The van der Waals surface area contributed by atoms with Crippen LogP contribution < -0.4 is 0 Å². The molecule has 0 saturated heterocycles. The molecule has 0 aromatic carbocycles. The van der Waals surface area contributed by atoms with Gasteiger partial charge >= 0.3 is 0 Å². The number of rotatable bonds is 2. The van der Waals surface area contributed by atoms with E-state index in [1.165, 1.54) is 0 Å². The molecule has 0 aliphatic heterocycles. The topological polar surface area (TPSA) is 9.23 Å². The largest absolute Gasteiger partial charge is 0.504 e. The number of methoxy groups -OCH3 is 1. The Morgan fingerprint density at radius 2 is 2.00 bits per heavy atom. The first kappa shape index (κ1) is 6.28. The summed E-state index contributed by atoms with van der Waals surface area (Å²) < 4.78 is 4.61. The monoisotopic (exact) mass is 98.1 g/mol. The van der Waals surface area contributed by atoms with Crippen molar-refractivity contribution in [2.24, 2.45) is 0 Å². The summed E-state index contributed by atoms with van der Waals surface area (Å²) in [6.45, 7) is 1.96. The number of ether oxygens (including phenoxy) is 1. The van der Waals surface area contributed by atoms with Crippen LogP contribution in [0, 0.1) is 0 Å². The molecule has 0 spiro atoms. The van der Waals surface area contributed by atoms with Crippen molar-refractivity contribution < 1.29 is 4.74 Å². The maximum absolute atomic E-state index is 4.61. The zero-order valence-electron chi connectivity index (χ0n) is 4.72. The van der Waals surface area contributed by atoms with Gasteiger partial charge in [0.05, 0.1) is 13.4 Å². The van der Waals surface area contributed by atoms with Crippen molar-refractivity contribution in [3.05, 3.63) is 24.5 Å². The van der Waals surface area contributed by atoms with Crippen LogP contribution in [0.1, 0.15) is 6.92 Å². The fourth-order valence-corrected chi connectivity index (χ4v) is 0.235. The summed E-state index contributed by atoms with van der Waals surface area (Å²) in [7, 11) is 1.62. The van der Waals surface area contributed by atoms with Crippen molar-refractivity contribution in [2.45, 2.75) is 6.92 Å². The molecule has 0 radical (unpaired) electrons. The molecule has 0 amide bonds. The Morgan fingerprint density at radius 1 is 1.29 bits per heavy atom. The second-order valence-corrected chi connectivity index (χ2v) is 1.09. The minimum Gasteiger partial charge on any atom is -0.504 e. The van der Waals surface area contributed by atoms with Gasteiger partial charge in [0, 0.05) is 0 Å². The second-order valence-electron chi connectivity index (χ2n) is 1.09. The van der Waals surface area contributed by atoms with Gasteiger partial charge in [-0.1, -0.05) is 12.2 Å². The Labute approximate surface area is 44.3 Å². The quantitative estimate of drug-likeness (QED) is 0.377. The molecule has 0 bridgehead atoms.